The minimum absolute atomic E-state index is 0. The third kappa shape index (κ3) is 14.8. The van der Waals surface area contributed by atoms with E-state index in [1.54, 1.807) is 24.8 Å². The van der Waals surface area contributed by atoms with Crippen LogP contribution in [0.3, 0.4) is 0 Å². The van der Waals surface area contributed by atoms with Crippen LogP contribution in [0.25, 0.3) is 111 Å². The Morgan fingerprint density at radius 1 is 0.182 bits per heavy atom. The molecule has 0 spiro atoms. The molecule has 0 atom stereocenters. The Morgan fingerprint density at radius 2 is 0.341 bits per heavy atom. The van der Waals surface area contributed by atoms with Gasteiger partial charge in [-0.25, -0.2) is 9.97 Å². The van der Waals surface area contributed by atoms with Gasteiger partial charge < -0.3 is 0 Å². The Balaban J connectivity index is 0.000000137. The summed E-state index contributed by atoms with van der Waals surface area (Å²) in [7, 11) is 0. The van der Waals surface area contributed by atoms with Crippen molar-refractivity contribution in [2.75, 3.05) is 0 Å². The van der Waals surface area contributed by atoms with Gasteiger partial charge in [-0.1, -0.05) is 48.5 Å². The molecule has 0 saturated heterocycles. The monoisotopic (exact) mass is 1320 g/mol. The summed E-state index contributed by atoms with van der Waals surface area (Å²) in [5.41, 5.74) is 23.4. The van der Waals surface area contributed by atoms with E-state index in [-0.39, 0.29) is 39.0 Å². The van der Waals surface area contributed by atoms with Gasteiger partial charge in [0.25, 0.3) is 0 Å². The van der Waals surface area contributed by atoms with Crippen LogP contribution in [0.2, 0.25) is 0 Å². The van der Waals surface area contributed by atoms with Crippen molar-refractivity contribution in [3.8, 4) is 45.6 Å². The van der Waals surface area contributed by atoms with Gasteiger partial charge in [-0.2, -0.15) is 0 Å². The molecule has 0 aliphatic carbocycles. The molecule has 0 saturated carbocycles. The Morgan fingerprint density at radius 3 is 0.477 bits per heavy atom. The van der Waals surface area contributed by atoms with Crippen molar-refractivity contribution in [3.05, 3.63) is 264 Å². The maximum atomic E-state index is 5.14. The molecule has 0 amide bonds. The van der Waals surface area contributed by atoms with E-state index in [0.29, 0.717) is 0 Å². The van der Waals surface area contributed by atoms with Crippen LogP contribution in [0, 0.1) is 55.4 Å². The topological polar surface area (TPSA) is 180 Å². The van der Waals surface area contributed by atoms with Crippen LogP contribution in [0.4, 0.5) is 0 Å². The molecule has 0 aliphatic rings. The van der Waals surface area contributed by atoms with E-state index >= 15 is 0 Å². The summed E-state index contributed by atoms with van der Waals surface area (Å²) in [6.45, 7) is 16.2. The first-order chi connectivity index (χ1) is 41.9. The van der Waals surface area contributed by atoms with Crippen molar-refractivity contribution in [2.24, 2.45) is 0 Å². The van der Waals surface area contributed by atoms with E-state index in [9.17, 15) is 0 Å². The second-order valence-electron chi connectivity index (χ2n) is 21.0. The minimum atomic E-state index is 0. The van der Waals surface area contributed by atoms with Gasteiger partial charge in [0.15, 0.2) is 0 Å². The first kappa shape index (κ1) is 62.7. The van der Waals surface area contributed by atoms with Crippen LogP contribution in [0.15, 0.2) is 220 Å². The molecule has 0 fully saturated rings. The zero-order valence-corrected chi connectivity index (χ0v) is 53.2. The van der Waals surface area contributed by atoms with Crippen molar-refractivity contribution in [1.82, 2.24) is 69.8 Å². The number of rotatable bonds is 4. The van der Waals surface area contributed by atoms with E-state index in [2.05, 4.69) is 59.8 Å². The van der Waals surface area contributed by atoms with Crippen molar-refractivity contribution in [1.29, 1.82) is 0 Å². The SMILES string of the molecule is Cc1ccc(-c2ccc(C)cn2)nc1.Cc1ccc(-c2ccc(C)cn2)nc1.Cc1ccc(-c2ccc(C)cn2)nc1.Cc1ccc(-c2ccc(C)cn2)nc1.[Ru+2].[Ru+2].c1cnc2c(c1)c1nc3c4cccnc4c4ncccc4c3nc1c1cccnc12. The summed E-state index contributed by atoms with van der Waals surface area (Å²) in [6, 6.07) is 48.1. The molecule has 2 aromatic carbocycles. The van der Waals surface area contributed by atoms with E-state index in [1.807, 2.05) is 251 Å². The predicted molar refractivity (Wildman–Crippen MR) is 346 cm³/mol. The van der Waals surface area contributed by atoms with Gasteiger partial charge in [0, 0.05) is 95.9 Å². The second-order valence-corrected chi connectivity index (χ2v) is 21.0. The molecule has 0 N–H and O–H groups in total. The van der Waals surface area contributed by atoms with Crippen LogP contribution >= 0.6 is 0 Å². The number of nitrogens with zero attached hydrogens (tertiary/aromatic N) is 14. The van der Waals surface area contributed by atoms with Crippen molar-refractivity contribution in [2.45, 2.75) is 55.4 Å². The molecule has 0 bridgehead atoms. The Kier molecular flexibility index (Phi) is 20.7. The maximum Gasteiger partial charge on any atom is 2.00 e. The van der Waals surface area contributed by atoms with Gasteiger partial charge in [-0.05, 0) is 197 Å². The molecular weight excluding hydrogens is 1260 g/mol. The fraction of sp³-hybridized carbons (Fsp3) is 0.111. The van der Waals surface area contributed by atoms with Crippen LogP contribution in [-0.4, -0.2) is 69.8 Å². The van der Waals surface area contributed by atoms with Gasteiger partial charge in [0.05, 0.1) is 89.7 Å². The Bertz CT molecular complexity index is 4000. The van der Waals surface area contributed by atoms with E-state index in [0.717, 1.165) is 111 Å². The molecule has 0 aliphatic heterocycles. The Hall–Kier alpha value is -9.87. The minimum Gasteiger partial charge on any atom is -0.254 e. The van der Waals surface area contributed by atoms with E-state index in [1.165, 1.54) is 44.5 Å². The average Bonchev–Trinajstić information content (AvgIpc) is 0.783. The maximum absolute atomic E-state index is 5.14. The third-order valence-corrected chi connectivity index (χ3v) is 13.9. The quantitative estimate of drug-likeness (QED) is 0.0922. The number of hydrogen-bond donors (Lipinski definition) is 0. The number of aromatic nitrogens is 14. The molecule has 13 aromatic heterocycles. The first-order valence-electron chi connectivity index (χ1n) is 28.1. The summed E-state index contributed by atoms with van der Waals surface area (Å²) in [5.74, 6) is 0. The van der Waals surface area contributed by atoms with Crippen molar-refractivity contribution >= 4 is 65.7 Å². The fourth-order valence-corrected chi connectivity index (χ4v) is 9.28. The zero-order valence-electron chi connectivity index (χ0n) is 49.8. The second kappa shape index (κ2) is 29.0. The smallest absolute Gasteiger partial charge is 0.254 e. The summed E-state index contributed by atoms with van der Waals surface area (Å²) in [5, 5.41) is 3.76. The molecule has 88 heavy (non-hydrogen) atoms. The van der Waals surface area contributed by atoms with Crippen LogP contribution in [-0.2, 0) is 39.0 Å². The molecule has 13 heterocycles. The van der Waals surface area contributed by atoms with Crippen LogP contribution in [0.5, 0.6) is 0 Å². The summed E-state index contributed by atoms with van der Waals surface area (Å²) >= 11 is 0. The van der Waals surface area contributed by atoms with Crippen LogP contribution in [0.1, 0.15) is 44.5 Å². The number of benzene rings is 2. The zero-order chi connectivity index (χ0) is 59.5. The predicted octanol–water partition coefficient (Wildman–Crippen LogP) is 16.0. The number of hydrogen-bond acceptors (Lipinski definition) is 14. The third-order valence-electron chi connectivity index (χ3n) is 13.9. The summed E-state index contributed by atoms with van der Waals surface area (Å²) < 4.78 is 0. The van der Waals surface area contributed by atoms with Gasteiger partial charge in [0.1, 0.15) is 0 Å². The standard InChI is InChI=1S/C24H12N6.4C12H12N2.2Ru/c1-5-13-17(25-9-1)18-14(6-2-10-26-18)22-21(13)29-23-15-7-3-11-27-19(15)20-16(24(23)30-22)8-4-12-28-20;4*1-9-3-5-11(13-7-9)12-6-4-10(2)8-14-12;;/h1-12H;4*3-8H,1-2H3;;/q;;;;;2*+2. The Labute approximate surface area is 536 Å². The first-order valence-corrected chi connectivity index (χ1v) is 28.1. The number of pyridine rings is 12. The van der Waals surface area contributed by atoms with Gasteiger partial charge in [0.2, 0.25) is 0 Å². The largest absolute Gasteiger partial charge is 2.00 e. The number of fused-ring (bicyclic) bond motifs is 12. The summed E-state index contributed by atoms with van der Waals surface area (Å²) in [6.07, 6.45) is 22.0. The van der Waals surface area contributed by atoms with Crippen molar-refractivity contribution < 1.29 is 39.0 Å². The number of aryl methyl sites for hydroxylation is 8. The average molecular weight is 1320 g/mol. The summed E-state index contributed by atoms with van der Waals surface area (Å²) in [4.78, 5) is 63.2. The molecule has 15 rings (SSSR count). The fourth-order valence-electron chi connectivity index (χ4n) is 9.28. The molecule has 16 heteroatoms. The molecule has 0 radical (unpaired) electrons. The molecular formula is C72H60N14Ru2+4. The normalized spacial score (nSPS) is 10.5. The van der Waals surface area contributed by atoms with Gasteiger partial charge in [-0.3, -0.25) is 59.8 Å². The van der Waals surface area contributed by atoms with Gasteiger partial charge in [-0.15, -0.1) is 0 Å². The van der Waals surface area contributed by atoms with Crippen LogP contribution < -0.4 is 0 Å². The molecule has 430 valence electrons. The van der Waals surface area contributed by atoms with E-state index in [4.69, 9.17) is 9.97 Å². The van der Waals surface area contributed by atoms with E-state index < -0.39 is 0 Å². The van der Waals surface area contributed by atoms with Gasteiger partial charge >= 0.3 is 39.0 Å². The molecule has 14 nitrogen and oxygen atoms in total. The molecule has 15 aromatic rings. The van der Waals surface area contributed by atoms with Crippen molar-refractivity contribution in [3.63, 3.8) is 0 Å². The molecule has 0 unspecified atom stereocenters.